The van der Waals surface area contributed by atoms with Crippen LogP contribution in [0.3, 0.4) is 0 Å². The number of nitrogens with two attached hydrogens (primary N) is 2. The first-order chi connectivity index (χ1) is 9.97. The number of hydrogen-bond acceptors (Lipinski definition) is 3. The van der Waals surface area contributed by atoms with Gasteiger partial charge in [-0.2, -0.15) is 0 Å². The fourth-order valence-corrected chi connectivity index (χ4v) is 2.74. The van der Waals surface area contributed by atoms with Gasteiger partial charge >= 0.3 is 0 Å². The van der Waals surface area contributed by atoms with Crippen molar-refractivity contribution in [3.05, 3.63) is 65.6 Å². The molecule has 2 rings (SSSR count). The van der Waals surface area contributed by atoms with Gasteiger partial charge < -0.3 is 11.5 Å². The fourth-order valence-electron chi connectivity index (χ4n) is 1.69. The highest BCUT2D eigenvalue weighted by molar-refractivity contribution is 7.94. The molecule has 0 spiro atoms. The molecule has 0 aliphatic carbocycles. The van der Waals surface area contributed by atoms with Crippen LogP contribution in [0.5, 0.6) is 0 Å². The SMILES string of the molecule is NC(N)=Nc1cccc(S(=O)(=O)C=Cc2ccccc2)c1. The van der Waals surface area contributed by atoms with Crippen molar-refractivity contribution in [2.24, 2.45) is 16.5 Å². The highest BCUT2D eigenvalue weighted by atomic mass is 32.2. The molecule has 108 valence electrons. The molecule has 2 aromatic carbocycles. The summed E-state index contributed by atoms with van der Waals surface area (Å²) in [4.78, 5) is 3.97. The average Bonchev–Trinajstić information content (AvgIpc) is 2.46. The summed E-state index contributed by atoms with van der Waals surface area (Å²) in [6.45, 7) is 0. The first-order valence-corrected chi connectivity index (χ1v) is 7.70. The van der Waals surface area contributed by atoms with Gasteiger partial charge in [0.1, 0.15) is 0 Å². The Labute approximate surface area is 123 Å². The topological polar surface area (TPSA) is 98.5 Å². The Morgan fingerprint density at radius 1 is 1.00 bits per heavy atom. The lowest BCUT2D eigenvalue weighted by Gasteiger charge is -2.01. The zero-order valence-electron chi connectivity index (χ0n) is 11.2. The van der Waals surface area contributed by atoms with E-state index in [0.717, 1.165) is 11.0 Å². The van der Waals surface area contributed by atoms with E-state index in [1.165, 1.54) is 12.1 Å². The van der Waals surface area contributed by atoms with Crippen molar-refractivity contribution in [3.8, 4) is 0 Å². The molecular formula is C15H15N3O2S. The number of sulfone groups is 1. The van der Waals surface area contributed by atoms with Crippen molar-refractivity contribution in [2.45, 2.75) is 4.90 Å². The first kappa shape index (κ1) is 14.8. The minimum atomic E-state index is -3.55. The summed E-state index contributed by atoms with van der Waals surface area (Å²) >= 11 is 0. The van der Waals surface area contributed by atoms with Gasteiger partial charge in [0.2, 0.25) is 0 Å². The van der Waals surface area contributed by atoms with Gasteiger partial charge in [0, 0.05) is 5.41 Å². The van der Waals surface area contributed by atoms with E-state index in [0.29, 0.717) is 5.69 Å². The summed E-state index contributed by atoms with van der Waals surface area (Å²) in [5.41, 5.74) is 11.8. The van der Waals surface area contributed by atoms with Crippen molar-refractivity contribution >= 4 is 27.6 Å². The molecule has 2 aromatic rings. The maximum atomic E-state index is 12.2. The number of rotatable bonds is 4. The minimum absolute atomic E-state index is 0.121. The van der Waals surface area contributed by atoms with E-state index in [-0.39, 0.29) is 10.9 Å². The molecule has 0 fully saturated rings. The predicted molar refractivity (Wildman–Crippen MR) is 84.6 cm³/mol. The number of aliphatic imine (C=N–C) groups is 1. The Bertz CT molecular complexity index is 778. The highest BCUT2D eigenvalue weighted by Crippen LogP contribution is 2.20. The Hall–Kier alpha value is -2.60. The molecule has 0 unspecified atom stereocenters. The smallest absolute Gasteiger partial charge is 0.199 e. The Kier molecular flexibility index (Phi) is 4.39. The monoisotopic (exact) mass is 301 g/mol. The third-order valence-corrected chi connectivity index (χ3v) is 4.05. The molecule has 0 heterocycles. The molecular weight excluding hydrogens is 286 g/mol. The van der Waals surface area contributed by atoms with Gasteiger partial charge in [0.25, 0.3) is 0 Å². The molecule has 0 aliphatic heterocycles. The predicted octanol–water partition coefficient (Wildman–Crippen LogP) is 2.04. The van der Waals surface area contributed by atoms with Gasteiger partial charge in [-0.05, 0) is 29.8 Å². The zero-order valence-corrected chi connectivity index (χ0v) is 12.0. The van der Waals surface area contributed by atoms with Crippen molar-refractivity contribution in [3.63, 3.8) is 0 Å². The van der Waals surface area contributed by atoms with E-state index in [1.54, 1.807) is 18.2 Å². The van der Waals surface area contributed by atoms with Crippen LogP contribution in [0.1, 0.15) is 5.56 Å². The quantitative estimate of drug-likeness (QED) is 0.666. The van der Waals surface area contributed by atoms with Crippen LogP contribution in [0.25, 0.3) is 6.08 Å². The molecule has 0 bridgehead atoms. The van der Waals surface area contributed by atoms with Crippen molar-refractivity contribution < 1.29 is 8.42 Å². The first-order valence-electron chi connectivity index (χ1n) is 6.15. The zero-order chi connectivity index (χ0) is 15.3. The van der Waals surface area contributed by atoms with Gasteiger partial charge in [-0.3, -0.25) is 0 Å². The lowest BCUT2D eigenvalue weighted by molar-refractivity contribution is 0.605. The number of guanidine groups is 1. The minimum Gasteiger partial charge on any atom is -0.370 e. The third kappa shape index (κ3) is 4.19. The van der Waals surface area contributed by atoms with E-state index in [9.17, 15) is 8.42 Å². The van der Waals surface area contributed by atoms with E-state index < -0.39 is 9.84 Å². The van der Waals surface area contributed by atoms with Gasteiger partial charge in [0.05, 0.1) is 10.6 Å². The van der Waals surface area contributed by atoms with Crippen molar-refractivity contribution in [1.82, 2.24) is 0 Å². The summed E-state index contributed by atoms with van der Waals surface area (Å²) in [5.74, 6) is -0.121. The summed E-state index contributed by atoms with van der Waals surface area (Å²) in [5, 5.41) is 1.16. The van der Waals surface area contributed by atoms with E-state index in [2.05, 4.69) is 4.99 Å². The second-order valence-electron chi connectivity index (χ2n) is 4.29. The summed E-state index contributed by atoms with van der Waals surface area (Å²) in [7, 11) is -3.55. The van der Waals surface area contributed by atoms with Crippen LogP contribution >= 0.6 is 0 Å². The maximum Gasteiger partial charge on any atom is 0.199 e. The molecule has 0 aliphatic rings. The van der Waals surface area contributed by atoms with E-state index in [1.807, 2.05) is 30.3 Å². The third-order valence-electron chi connectivity index (χ3n) is 2.64. The van der Waals surface area contributed by atoms with E-state index >= 15 is 0 Å². The normalized spacial score (nSPS) is 11.4. The molecule has 0 aromatic heterocycles. The van der Waals surface area contributed by atoms with Gasteiger partial charge in [-0.15, -0.1) is 0 Å². The van der Waals surface area contributed by atoms with Crippen LogP contribution in [-0.2, 0) is 9.84 Å². The molecule has 6 heteroatoms. The summed E-state index contributed by atoms with van der Waals surface area (Å²) in [6.07, 6.45) is 1.54. The summed E-state index contributed by atoms with van der Waals surface area (Å²) in [6, 6.07) is 15.3. The van der Waals surface area contributed by atoms with Gasteiger partial charge in [0.15, 0.2) is 15.8 Å². The Morgan fingerprint density at radius 2 is 1.71 bits per heavy atom. The molecule has 0 saturated heterocycles. The highest BCUT2D eigenvalue weighted by Gasteiger charge is 2.10. The number of hydrogen-bond donors (Lipinski definition) is 2. The van der Waals surface area contributed by atoms with Crippen LogP contribution in [-0.4, -0.2) is 14.4 Å². The molecule has 0 amide bonds. The lowest BCUT2D eigenvalue weighted by atomic mass is 10.2. The van der Waals surface area contributed by atoms with Crippen LogP contribution in [0.4, 0.5) is 5.69 Å². The van der Waals surface area contributed by atoms with Crippen LogP contribution < -0.4 is 11.5 Å². The van der Waals surface area contributed by atoms with Crippen LogP contribution in [0.2, 0.25) is 0 Å². The Balaban J connectivity index is 2.32. The fraction of sp³-hybridized carbons (Fsp3) is 0. The average molecular weight is 301 g/mol. The van der Waals surface area contributed by atoms with Crippen molar-refractivity contribution in [2.75, 3.05) is 0 Å². The lowest BCUT2D eigenvalue weighted by Crippen LogP contribution is -2.21. The molecule has 0 atom stereocenters. The maximum absolute atomic E-state index is 12.2. The molecule has 0 radical (unpaired) electrons. The summed E-state index contributed by atoms with van der Waals surface area (Å²) < 4.78 is 24.5. The second kappa shape index (κ2) is 6.23. The molecule has 4 N–H and O–H groups in total. The molecule has 0 saturated carbocycles. The molecule has 5 nitrogen and oxygen atoms in total. The van der Waals surface area contributed by atoms with Gasteiger partial charge in [-0.25, -0.2) is 13.4 Å². The van der Waals surface area contributed by atoms with Crippen molar-refractivity contribution in [1.29, 1.82) is 0 Å². The second-order valence-corrected chi connectivity index (χ2v) is 6.13. The van der Waals surface area contributed by atoms with Crippen LogP contribution in [0, 0.1) is 0 Å². The van der Waals surface area contributed by atoms with Crippen LogP contribution in [0.15, 0.2) is 69.9 Å². The molecule has 21 heavy (non-hydrogen) atoms. The van der Waals surface area contributed by atoms with Gasteiger partial charge in [-0.1, -0.05) is 36.4 Å². The Morgan fingerprint density at radius 3 is 2.38 bits per heavy atom. The largest absolute Gasteiger partial charge is 0.370 e. The number of nitrogens with zero attached hydrogens (tertiary/aromatic N) is 1. The number of benzene rings is 2. The van der Waals surface area contributed by atoms with E-state index in [4.69, 9.17) is 11.5 Å². The standard InChI is InChI=1S/C15H15N3O2S/c16-15(17)18-13-7-4-8-14(11-13)21(19,20)10-9-12-5-2-1-3-6-12/h1-11H,(H4,16,17,18).